The van der Waals surface area contributed by atoms with E-state index < -0.39 is 35.2 Å². The Morgan fingerprint density at radius 2 is 1.82 bits per heavy atom. The van der Waals surface area contributed by atoms with Crippen molar-refractivity contribution < 1.29 is 23.1 Å². The highest BCUT2D eigenvalue weighted by Gasteiger charge is 2.29. The second-order valence-electron chi connectivity index (χ2n) is 9.59. The smallest absolute Gasteiger partial charge is 0.307 e. The van der Waals surface area contributed by atoms with Crippen molar-refractivity contribution in [3.63, 3.8) is 0 Å². The molecule has 2 aromatic heterocycles. The van der Waals surface area contributed by atoms with Gasteiger partial charge in [-0.3, -0.25) is 14.2 Å². The van der Waals surface area contributed by atoms with Crippen LogP contribution in [0.3, 0.4) is 0 Å². The largest absolute Gasteiger partial charge is 0.441 e. The number of anilines is 1. The maximum atomic E-state index is 15.5. The van der Waals surface area contributed by atoms with Gasteiger partial charge in [-0.25, -0.2) is 13.8 Å². The van der Waals surface area contributed by atoms with E-state index in [4.69, 9.17) is 16.3 Å². The zero-order valence-electron chi connectivity index (χ0n) is 22.6. The average Bonchev–Trinajstić information content (AvgIpc) is 3.31. The highest BCUT2D eigenvalue weighted by Crippen LogP contribution is 2.34. The second-order valence-corrected chi connectivity index (χ2v) is 10.9. The summed E-state index contributed by atoms with van der Waals surface area (Å²) in [6, 6.07) is 11.2. The number of ether oxygens (including phenoxy) is 1. The van der Waals surface area contributed by atoms with Crippen molar-refractivity contribution in [1.82, 2.24) is 9.55 Å². The number of benzene rings is 2. The summed E-state index contributed by atoms with van der Waals surface area (Å²) in [4.78, 5) is 30.7. The number of rotatable bonds is 11. The van der Waals surface area contributed by atoms with E-state index in [0.29, 0.717) is 27.4 Å². The number of carbonyl (C=O) groups is 2. The number of halogens is 3. The molecule has 0 amide bonds. The van der Waals surface area contributed by atoms with Crippen LogP contribution in [0, 0.1) is 17.6 Å². The molecule has 2 aromatic carbocycles. The number of hydrogen-bond acceptors (Lipinski definition) is 6. The Labute approximate surface area is 241 Å². The fourth-order valence-corrected chi connectivity index (χ4v) is 4.99. The van der Waals surface area contributed by atoms with E-state index >= 15 is 8.78 Å². The fourth-order valence-electron chi connectivity index (χ4n) is 4.24. The molecule has 0 saturated heterocycles. The molecule has 6 nitrogen and oxygen atoms in total. The van der Waals surface area contributed by atoms with Gasteiger partial charge in [-0.15, -0.1) is 0 Å². The van der Waals surface area contributed by atoms with Crippen LogP contribution in [0.5, 0.6) is 0 Å². The molecule has 4 aromatic rings. The molecule has 0 aliphatic carbocycles. The number of carbonyl (C=O) groups excluding carboxylic acids is 2. The van der Waals surface area contributed by atoms with Gasteiger partial charge < -0.3 is 9.46 Å². The first-order valence-electron chi connectivity index (χ1n) is 13.0. The van der Waals surface area contributed by atoms with Crippen LogP contribution >= 0.6 is 23.5 Å². The summed E-state index contributed by atoms with van der Waals surface area (Å²) in [5.41, 5.74) is 1.19. The standard InChI is InChI=1S/C30H30ClF2N3O3S/c1-5-13-40-35-24-12-11-23(32)26(27(24)33)28(38)22-16-36(30(17(3)4)39-25(37)6-2)29-21(22)14-19(15-34-29)18-7-9-20(31)10-8-18/h7-12,14-17,30,35H,5-6,13H2,1-4H3. The van der Waals surface area contributed by atoms with Gasteiger partial charge in [0.2, 0.25) is 5.78 Å². The maximum Gasteiger partial charge on any atom is 0.307 e. The van der Waals surface area contributed by atoms with Crippen LogP contribution in [0.25, 0.3) is 22.2 Å². The fraction of sp³-hybridized carbons (Fsp3) is 0.300. The van der Waals surface area contributed by atoms with Crippen molar-refractivity contribution in [3.05, 3.63) is 82.6 Å². The van der Waals surface area contributed by atoms with Crippen LogP contribution < -0.4 is 4.72 Å². The Bertz CT molecular complexity index is 1540. The maximum absolute atomic E-state index is 15.5. The minimum Gasteiger partial charge on any atom is -0.441 e. The summed E-state index contributed by atoms with van der Waals surface area (Å²) in [6.07, 6.45) is 3.32. The van der Waals surface area contributed by atoms with E-state index in [-0.39, 0.29) is 23.6 Å². The Kier molecular flexibility index (Phi) is 9.48. The molecule has 0 aliphatic heterocycles. The molecule has 40 heavy (non-hydrogen) atoms. The molecule has 1 N–H and O–H groups in total. The van der Waals surface area contributed by atoms with Gasteiger partial charge in [0.15, 0.2) is 12.0 Å². The van der Waals surface area contributed by atoms with Crippen LogP contribution in [0.4, 0.5) is 14.5 Å². The van der Waals surface area contributed by atoms with E-state index in [1.165, 1.54) is 24.2 Å². The topological polar surface area (TPSA) is 73.2 Å². The Balaban J connectivity index is 1.91. The lowest BCUT2D eigenvalue weighted by atomic mass is 10.00. The molecule has 0 radical (unpaired) electrons. The molecule has 1 unspecified atom stereocenters. The van der Waals surface area contributed by atoms with Crippen LogP contribution in [0.2, 0.25) is 5.02 Å². The normalized spacial score (nSPS) is 12.1. The number of fused-ring (bicyclic) bond motifs is 1. The SMILES string of the molecule is CCCSNc1ccc(F)c(C(=O)c2cn(C(OC(=O)CC)C(C)C)c3ncc(-c4ccc(Cl)cc4)cc23)c1F. The quantitative estimate of drug-likeness (QED) is 0.0824. The van der Waals surface area contributed by atoms with Crippen molar-refractivity contribution in [3.8, 4) is 11.1 Å². The third-order valence-electron chi connectivity index (χ3n) is 6.28. The van der Waals surface area contributed by atoms with Gasteiger partial charge >= 0.3 is 5.97 Å². The van der Waals surface area contributed by atoms with E-state index in [1.807, 2.05) is 32.9 Å². The molecule has 10 heteroatoms. The molecule has 210 valence electrons. The van der Waals surface area contributed by atoms with Crippen molar-refractivity contribution >= 4 is 52.0 Å². The van der Waals surface area contributed by atoms with Crippen LogP contribution in [0.15, 0.2) is 54.9 Å². The molecule has 4 rings (SSSR count). The molecule has 0 spiro atoms. The second kappa shape index (κ2) is 12.8. The van der Waals surface area contributed by atoms with Gasteiger partial charge in [-0.2, -0.15) is 0 Å². The van der Waals surface area contributed by atoms with E-state index in [1.54, 1.807) is 35.9 Å². The van der Waals surface area contributed by atoms with Gasteiger partial charge in [-0.1, -0.05) is 63.4 Å². The number of hydrogen-bond donors (Lipinski definition) is 1. The number of aromatic nitrogens is 2. The van der Waals surface area contributed by atoms with Gasteiger partial charge in [0.1, 0.15) is 11.5 Å². The third kappa shape index (κ3) is 6.15. The summed E-state index contributed by atoms with van der Waals surface area (Å²) < 4.78 is 40.7. The zero-order valence-corrected chi connectivity index (χ0v) is 24.2. The first-order valence-corrected chi connectivity index (χ1v) is 14.4. The monoisotopic (exact) mass is 585 g/mol. The molecule has 0 fully saturated rings. The molecular formula is C30H30ClF2N3O3S. The molecule has 0 aliphatic rings. The van der Waals surface area contributed by atoms with Crippen molar-refractivity contribution in [2.45, 2.75) is 46.8 Å². The van der Waals surface area contributed by atoms with Crippen molar-refractivity contribution in [2.24, 2.45) is 5.92 Å². The predicted octanol–water partition coefficient (Wildman–Crippen LogP) is 8.44. The van der Waals surface area contributed by atoms with Gasteiger partial charge in [0.05, 0.1) is 16.8 Å². The van der Waals surface area contributed by atoms with E-state index in [0.717, 1.165) is 18.1 Å². The molecule has 0 bridgehead atoms. The lowest BCUT2D eigenvalue weighted by Crippen LogP contribution is -2.21. The predicted molar refractivity (Wildman–Crippen MR) is 157 cm³/mol. The van der Waals surface area contributed by atoms with Crippen LogP contribution in [-0.4, -0.2) is 27.1 Å². The lowest BCUT2D eigenvalue weighted by molar-refractivity contribution is -0.156. The number of ketones is 1. The summed E-state index contributed by atoms with van der Waals surface area (Å²) in [6.45, 7) is 7.40. The molecule has 0 saturated carbocycles. The number of nitrogens with one attached hydrogen (secondary N) is 1. The van der Waals surface area contributed by atoms with E-state index in [2.05, 4.69) is 9.71 Å². The summed E-state index contributed by atoms with van der Waals surface area (Å²) in [5.74, 6) is -2.71. The Hall–Kier alpha value is -3.43. The van der Waals surface area contributed by atoms with Crippen LogP contribution in [-0.2, 0) is 9.53 Å². The van der Waals surface area contributed by atoms with E-state index in [9.17, 15) is 9.59 Å². The lowest BCUT2D eigenvalue weighted by Gasteiger charge is -2.23. The van der Waals surface area contributed by atoms with Crippen LogP contribution in [0.1, 0.15) is 62.7 Å². The van der Waals surface area contributed by atoms with Crippen molar-refractivity contribution in [2.75, 3.05) is 10.5 Å². The Morgan fingerprint density at radius 1 is 1.10 bits per heavy atom. The first kappa shape index (κ1) is 29.6. The molecule has 2 heterocycles. The average molecular weight is 586 g/mol. The molecule has 1 atom stereocenters. The van der Waals surface area contributed by atoms with Gasteiger partial charge in [0.25, 0.3) is 0 Å². The highest BCUT2D eigenvalue weighted by molar-refractivity contribution is 8.00. The summed E-state index contributed by atoms with van der Waals surface area (Å²) in [5, 5.41) is 0.932. The zero-order chi connectivity index (χ0) is 29.0. The van der Waals surface area contributed by atoms with Gasteiger partial charge in [-0.05, 0) is 42.3 Å². The minimum absolute atomic E-state index is 0.0175. The van der Waals surface area contributed by atoms with Crippen molar-refractivity contribution in [1.29, 1.82) is 0 Å². The van der Waals surface area contributed by atoms with Gasteiger partial charge in [0, 0.05) is 46.5 Å². The Morgan fingerprint density at radius 3 is 2.48 bits per heavy atom. The number of nitrogens with zero attached hydrogens (tertiary/aromatic N) is 2. The summed E-state index contributed by atoms with van der Waals surface area (Å²) in [7, 11) is 0. The number of pyridine rings is 1. The molecular weight excluding hydrogens is 556 g/mol. The third-order valence-corrected chi connectivity index (χ3v) is 7.51. The number of esters is 1. The highest BCUT2D eigenvalue weighted by atomic mass is 35.5. The first-order chi connectivity index (χ1) is 19.2. The summed E-state index contributed by atoms with van der Waals surface area (Å²) >= 11 is 7.32. The minimum atomic E-state index is -0.978.